The minimum absolute atomic E-state index is 0.131. The molecule has 0 aliphatic heterocycles. The summed E-state index contributed by atoms with van der Waals surface area (Å²) in [6.45, 7) is 0. The van der Waals surface area contributed by atoms with Gasteiger partial charge in [-0.05, 0) is 29.8 Å². The Hall–Kier alpha value is -1.68. The monoisotopic (exact) mass is 322 g/mol. The van der Waals surface area contributed by atoms with Gasteiger partial charge in [-0.2, -0.15) is 0 Å². The summed E-state index contributed by atoms with van der Waals surface area (Å²) in [5.74, 6) is -0.522. The van der Waals surface area contributed by atoms with Gasteiger partial charge in [-0.1, -0.05) is 34.1 Å². The molecule has 0 fully saturated rings. The van der Waals surface area contributed by atoms with Gasteiger partial charge in [0.2, 0.25) is 0 Å². The van der Waals surface area contributed by atoms with E-state index in [1.54, 1.807) is 6.07 Å². The lowest BCUT2D eigenvalue weighted by molar-refractivity contribution is 0.0992. The van der Waals surface area contributed by atoms with Crippen LogP contribution in [0.15, 0.2) is 46.9 Å². The molecule has 0 N–H and O–H groups in total. The van der Waals surface area contributed by atoms with Crippen molar-refractivity contribution < 1.29 is 13.9 Å². The zero-order chi connectivity index (χ0) is 13.8. The van der Waals surface area contributed by atoms with E-state index >= 15 is 0 Å². The molecular formula is C15H12BrFO2. The van der Waals surface area contributed by atoms with Crippen molar-refractivity contribution in [3.8, 4) is 5.75 Å². The first-order valence-corrected chi connectivity index (χ1v) is 6.51. The predicted octanol–water partition coefficient (Wildman–Crippen LogP) is 4.02. The van der Waals surface area contributed by atoms with Crippen molar-refractivity contribution in [2.75, 3.05) is 7.11 Å². The molecule has 0 saturated heterocycles. The molecule has 0 bridgehead atoms. The average molecular weight is 323 g/mol. The first kappa shape index (κ1) is 13.7. The molecule has 2 aromatic carbocycles. The van der Waals surface area contributed by atoms with Crippen molar-refractivity contribution >= 4 is 21.7 Å². The molecule has 2 rings (SSSR count). The minimum Gasteiger partial charge on any atom is -0.494 e. The molecule has 98 valence electrons. The summed E-state index contributed by atoms with van der Waals surface area (Å²) in [6, 6.07) is 11.7. The number of ketones is 1. The summed E-state index contributed by atoms with van der Waals surface area (Å²) >= 11 is 3.39. The van der Waals surface area contributed by atoms with E-state index in [4.69, 9.17) is 4.74 Å². The Morgan fingerprint density at radius 3 is 2.63 bits per heavy atom. The van der Waals surface area contributed by atoms with Crippen LogP contribution in [0.3, 0.4) is 0 Å². The topological polar surface area (TPSA) is 26.3 Å². The largest absolute Gasteiger partial charge is 0.494 e. The van der Waals surface area contributed by atoms with Crippen molar-refractivity contribution in [3.05, 3.63) is 63.9 Å². The molecule has 19 heavy (non-hydrogen) atoms. The average Bonchev–Trinajstić information content (AvgIpc) is 2.41. The maximum Gasteiger partial charge on any atom is 0.167 e. The third-order valence-electron chi connectivity index (χ3n) is 2.78. The second kappa shape index (κ2) is 5.97. The van der Waals surface area contributed by atoms with Crippen molar-refractivity contribution in [2.24, 2.45) is 0 Å². The van der Waals surface area contributed by atoms with Crippen LogP contribution in [0.4, 0.5) is 4.39 Å². The van der Waals surface area contributed by atoms with Gasteiger partial charge in [0.1, 0.15) is 0 Å². The molecule has 2 nitrogen and oxygen atoms in total. The van der Waals surface area contributed by atoms with Gasteiger partial charge in [0.25, 0.3) is 0 Å². The fraction of sp³-hybridized carbons (Fsp3) is 0.133. The summed E-state index contributed by atoms with van der Waals surface area (Å²) in [7, 11) is 1.39. The molecular weight excluding hydrogens is 311 g/mol. The van der Waals surface area contributed by atoms with Crippen molar-refractivity contribution in [3.63, 3.8) is 0 Å². The van der Waals surface area contributed by atoms with Crippen LogP contribution in [0.1, 0.15) is 15.9 Å². The molecule has 0 atom stereocenters. The Morgan fingerprint density at radius 1 is 1.26 bits per heavy atom. The smallest absolute Gasteiger partial charge is 0.167 e. The lowest BCUT2D eigenvalue weighted by Crippen LogP contribution is -2.05. The molecule has 0 aromatic heterocycles. The normalized spacial score (nSPS) is 10.3. The maximum atomic E-state index is 13.5. The van der Waals surface area contributed by atoms with E-state index in [1.165, 1.54) is 19.2 Å². The highest BCUT2D eigenvalue weighted by Crippen LogP contribution is 2.21. The van der Waals surface area contributed by atoms with Gasteiger partial charge >= 0.3 is 0 Å². The molecule has 4 heteroatoms. The van der Waals surface area contributed by atoms with Crippen LogP contribution in [0.25, 0.3) is 0 Å². The Labute approximate surface area is 119 Å². The summed E-state index contributed by atoms with van der Waals surface area (Å²) < 4.78 is 19.2. The molecule has 0 spiro atoms. The highest BCUT2D eigenvalue weighted by Gasteiger charge is 2.12. The highest BCUT2D eigenvalue weighted by molar-refractivity contribution is 9.10. The minimum atomic E-state index is -0.527. The number of ether oxygens (including phenoxy) is 1. The van der Waals surface area contributed by atoms with Crippen LogP contribution in [0.2, 0.25) is 0 Å². The number of halogens is 2. The molecule has 0 radical (unpaired) electrons. The molecule has 0 saturated carbocycles. The molecule has 0 unspecified atom stereocenters. The summed E-state index contributed by atoms with van der Waals surface area (Å²) in [4.78, 5) is 12.1. The van der Waals surface area contributed by atoms with Gasteiger partial charge in [-0.25, -0.2) is 4.39 Å². The number of rotatable bonds is 4. The molecule has 0 heterocycles. The van der Waals surface area contributed by atoms with Crippen LogP contribution in [-0.4, -0.2) is 12.9 Å². The second-order valence-electron chi connectivity index (χ2n) is 4.04. The maximum absolute atomic E-state index is 13.5. The second-order valence-corrected chi connectivity index (χ2v) is 4.90. The standard InChI is InChI=1S/C15H12BrFO2/c1-19-15-7-6-11(8-13(15)17)14(18)9-10-4-2-3-5-12(10)16/h2-8H,9H2,1H3. The predicted molar refractivity (Wildman–Crippen MR) is 75.1 cm³/mol. The zero-order valence-corrected chi connectivity index (χ0v) is 11.9. The van der Waals surface area contributed by atoms with Crippen LogP contribution >= 0.6 is 15.9 Å². The zero-order valence-electron chi connectivity index (χ0n) is 10.3. The molecule has 0 aliphatic carbocycles. The van der Waals surface area contributed by atoms with Gasteiger partial charge < -0.3 is 4.74 Å². The SMILES string of the molecule is COc1ccc(C(=O)Cc2ccccc2Br)cc1F. The van der Waals surface area contributed by atoms with E-state index < -0.39 is 5.82 Å². The van der Waals surface area contributed by atoms with Crippen LogP contribution in [0.5, 0.6) is 5.75 Å². The third-order valence-corrected chi connectivity index (χ3v) is 3.56. The van der Waals surface area contributed by atoms with Gasteiger partial charge in [-0.15, -0.1) is 0 Å². The third kappa shape index (κ3) is 3.20. The summed E-state index contributed by atoms with van der Waals surface area (Å²) in [5.41, 5.74) is 1.22. The lowest BCUT2D eigenvalue weighted by atomic mass is 10.0. The van der Waals surface area contributed by atoms with Gasteiger partial charge in [0.15, 0.2) is 17.3 Å². The van der Waals surface area contributed by atoms with Crippen molar-refractivity contribution in [2.45, 2.75) is 6.42 Å². The van der Waals surface area contributed by atoms with Gasteiger partial charge in [0, 0.05) is 16.5 Å². The van der Waals surface area contributed by atoms with E-state index in [1.807, 2.05) is 24.3 Å². The number of carbonyl (C=O) groups is 1. The Balaban J connectivity index is 2.21. The number of methoxy groups -OCH3 is 1. The van der Waals surface area contributed by atoms with Crippen LogP contribution < -0.4 is 4.74 Å². The van der Waals surface area contributed by atoms with Gasteiger partial charge in [-0.3, -0.25) is 4.79 Å². The number of hydrogen-bond donors (Lipinski definition) is 0. The Kier molecular flexibility index (Phi) is 4.32. The number of benzene rings is 2. The van der Waals surface area contributed by atoms with Crippen molar-refractivity contribution in [1.82, 2.24) is 0 Å². The van der Waals surface area contributed by atoms with Gasteiger partial charge in [0.05, 0.1) is 7.11 Å². The lowest BCUT2D eigenvalue weighted by Gasteiger charge is -2.06. The number of Topliss-reactive ketones (excluding diaryl/α,β-unsaturated/α-hetero) is 1. The first-order valence-electron chi connectivity index (χ1n) is 5.72. The highest BCUT2D eigenvalue weighted by atomic mass is 79.9. The Morgan fingerprint density at radius 2 is 2.00 bits per heavy atom. The number of carbonyl (C=O) groups excluding carboxylic acids is 1. The quantitative estimate of drug-likeness (QED) is 0.795. The molecule has 0 amide bonds. The van der Waals surface area contributed by atoms with E-state index in [2.05, 4.69) is 15.9 Å². The van der Waals surface area contributed by atoms with E-state index in [-0.39, 0.29) is 18.0 Å². The fourth-order valence-electron chi connectivity index (χ4n) is 1.76. The van der Waals surface area contributed by atoms with E-state index in [9.17, 15) is 9.18 Å². The van der Waals surface area contributed by atoms with E-state index in [0.717, 1.165) is 10.0 Å². The summed E-state index contributed by atoms with van der Waals surface area (Å²) in [5, 5.41) is 0. The first-order chi connectivity index (χ1) is 9.11. The van der Waals surface area contributed by atoms with Crippen LogP contribution in [0, 0.1) is 5.82 Å². The Bertz CT molecular complexity index is 611. The number of hydrogen-bond acceptors (Lipinski definition) is 2. The molecule has 2 aromatic rings. The van der Waals surface area contributed by atoms with E-state index in [0.29, 0.717) is 5.56 Å². The summed E-state index contributed by atoms with van der Waals surface area (Å²) in [6.07, 6.45) is 0.229. The fourth-order valence-corrected chi connectivity index (χ4v) is 2.18. The molecule has 0 aliphatic rings. The van der Waals surface area contributed by atoms with Crippen molar-refractivity contribution in [1.29, 1.82) is 0 Å². The van der Waals surface area contributed by atoms with Crippen LogP contribution in [-0.2, 0) is 6.42 Å².